The smallest absolute Gasteiger partial charge is 0.0813 e. The summed E-state index contributed by atoms with van der Waals surface area (Å²) in [5.74, 6) is 2.05. The Kier molecular flexibility index (Phi) is 1.71. The molecule has 0 saturated carbocycles. The van der Waals surface area contributed by atoms with Gasteiger partial charge in [0.1, 0.15) is 0 Å². The van der Waals surface area contributed by atoms with E-state index in [1.807, 2.05) is 0 Å². The van der Waals surface area contributed by atoms with Crippen molar-refractivity contribution in [3.63, 3.8) is 0 Å². The van der Waals surface area contributed by atoms with E-state index in [1.54, 1.807) is 0 Å². The van der Waals surface area contributed by atoms with Crippen LogP contribution in [0.15, 0.2) is 0 Å². The predicted molar refractivity (Wildman–Crippen MR) is 47.3 cm³/mol. The third kappa shape index (κ3) is 1.44. The summed E-state index contributed by atoms with van der Waals surface area (Å²) >= 11 is 0. The second-order valence-electron chi connectivity index (χ2n) is 5.06. The van der Waals surface area contributed by atoms with E-state index in [1.165, 1.54) is 43.4 Å². The molecule has 2 aliphatic rings. The number of hydrogen-bond donors (Lipinski definition) is 0. The molecule has 3 atom stereocenters. The highest BCUT2D eigenvalue weighted by Gasteiger charge is 2.37. The summed E-state index contributed by atoms with van der Waals surface area (Å²) in [4.78, 5) is 0. The second kappa shape index (κ2) is 2.48. The van der Waals surface area contributed by atoms with Crippen molar-refractivity contribution in [2.45, 2.75) is 26.2 Å². The van der Waals surface area contributed by atoms with Gasteiger partial charge in [-0.1, -0.05) is 6.92 Å². The van der Waals surface area contributed by atoms with Gasteiger partial charge in [-0.15, -0.1) is 0 Å². The van der Waals surface area contributed by atoms with Gasteiger partial charge in [0.25, 0.3) is 0 Å². The van der Waals surface area contributed by atoms with Gasteiger partial charge >= 0.3 is 0 Å². The monoisotopic (exact) mass is 154 g/mol. The average Bonchev–Trinajstić information content (AvgIpc) is 1.82. The summed E-state index contributed by atoms with van der Waals surface area (Å²) in [6.07, 6.45) is 4.50. The molecule has 0 aliphatic carbocycles. The van der Waals surface area contributed by atoms with E-state index in [4.69, 9.17) is 0 Å². The van der Waals surface area contributed by atoms with Crippen LogP contribution in [-0.4, -0.2) is 31.2 Å². The molecule has 0 radical (unpaired) electrons. The van der Waals surface area contributed by atoms with E-state index in [2.05, 4.69) is 14.0 Å². The molecule has 0 aromatic carbocycles. The SMILES string of the molecule is CC1CC2CCC[N+](C)(C1)C2. The molecule has 0 aromatic rings. The lowest BCUT2D eigenvalue weighted by molar-refractivity contribution is -0.926. The first-order valence-electron chi connectivity index (χ1n) is 5.01. The van der Waals surface area contributed by atoms with E-state index >= 15 is 0 Å². The predicted octanol–water partition coefficient (Wildman–Crippen LogP) is 1.88. The molecule has 2 fully saturated rings. The molecule has 2 rings (SSSR count). The quantitative estimate of drug-likeness (QED) is 0.467. The summed E-state index contributed by atoms with van der Waals surface area (Å²) in [6.45, 7) is 6.79. The normalized spacial score (nSPS) is 50.7. The summed E-state index contributed by atoms with van der Waals surface area (Å²) < 4.78 is 1.38. The first-order valence-corrected chi connectivity index (χ1v) is 5.01. The fourth-order valence-electron chi connectivity index (χ4n) is 3.32. The van der Waals surface area contributed by atoms with Gasteiger partial charge in [-0.2, -0.15) is 0 Å². The molecule has 3 unspecified atom stereocenters. The van der Waals surface area contributed by atoms with Gasteiger partial charge in [-0.3, -0.25) is 0 Å². The van der Waals surface area contributed by atoms with Crippen LogP contribution >= 0.6 is 0 Å². The summed E-state index contributed by atoms with van der Waals surface area (Å²) in [5.41, 5.74) is 0. The first-order chi connectivity index (χ1) is 5.18. The highest BCUT2D eigenvalue weighted by atomic mass is 15.3. The molecule has 1 heteroatoms. The Morgan fingerprint density at radius 3 is 2.82 bits per heavy atom. The van der Waals surface area contributed by atoms with Crippen LogP contribution in [0.4, 0.5) is 0 Å². The zero-order chi connectivity index (χ0) is 7.90. The number of quaternary nitrogens is 1. The standard InChI is InChI=1S/C10H20N/c1-9-6-10-4-3-5-11(2,7-9)8-10/h9-10H,3-8H2,1-2H3/q+1. The molecule has 2 bridgehead atoms. The van der Waals surface area contributed by atoms with Crippen molar-refractivity contribution in [2.24, 2.45) is 11.8 Å². The fraction of sp³-hybridized carbons (Fsp3) is 1.00. The first kappa shape index (κ1) is 7.60. The van der Waals surface area contributed by atoms with Gasteiger partial charge in [-0.05, 0) is 19.3 Å². The molecule has 2 saturated heterocycles. The van der Waals surface area contributed by atoms with Gasteiger partial charge < -0.3 is 4.48 Å². The van der Waals surface area contributed by atoms with Crippen LogP contribution in [0.25, 0.3) is 0 Å². The molecule has 2 heterocycles. The van der Waals surface area contributed by atoms with Crippen molar-refractivity contribution in [1.29, 1.82) is 0 Å². The number of hydrogen-bond acceptors (Lipinski definition) is 0. The Hall–Kier alpha value is -0.0400. The van der Waals surface area contributed by atoms with Crippen molar-refractivity contribution >= 4 is 0 Å². The van der Waals surface area contributed by atoms with Crippen molar-refractivity contribution in [3.05, 3.63) is 0 Å². The minimum Gasteiger partial charge on any atom is -0.326 e. The van der Waals surface area contributed by atoms with E-state index in [-0.39, 0.29) is 0 Å². The average molecular weight is 154 g/mol. The minimum absolute atomic E-state index is 0.985. The molecule has 64 valence electrons. The van der Waals surface area contributed by atoms with Gasteiger partial charge in [-0.25, -0.2) is 0 Å². The topological polar surface area (TPSA) is 0 Å². The third-order valence-electron chi connectivity index (χ3n) is 3.50. The van der Waals surface area contributed by atoms with Crippen molar-refractivity contribution in [1.82, 2.24) is 0 Å². The number of fused-ring (bicyclic) bond motifs is 2. The van der Waals surface area contributed by atoms with Gasteiger partial charge in [0.2, 0.25) is 0 Å². The van der Waals surface area contributed by atoms with Crippen LogP contribution in [0.1, 0.15) is 26.2 Å². The van der Waals surface area contributed by atoms with Crippen molar-refractivity contribution in [3.8, 4) is 0 Å². The van der Waals surface area contributed by atoms with E-state index in [0.29, 0.717) is 0 Å². The van der Waals surface area contributed by atoms with E-state index in [0.717, 1.165) is 11.8 Å². The molecule has 11 heavy (non-hydrogen) atoms. The minimum atomic E-state index is 0.985. The maximum Gasteiger partial charge on any atom is 0.0813 e. The lowest BCUT2D eigenvalue weighted by Crippen LogP contribution is -2.56. The Bertz CT molecular complexity index is 151. The summed E-state index contributed by atoms with van der Waals surface area (Å²) in [5, 5.41) is 0. The lowest BCUT2D eigenvalue weighted by atomic mass is 9.82. The molecule has 1 nitrogen and oxygen atoms in total. The molecular weight excluding hydrogens is 134 g/mol. The van der Waals surface area contributed by atoms with Gasteiger partial charge in [0.05, 0.1) is 26.7 Å². The Morgan fingerprint density at radius 1 is 1.27 bits per heavy atom. The Morgan fingerprint density at radius 2 is 2.09 bits per heavy atom. The van der Waals surface area contributed by atoms with Crippen LogP contribution in [-0.2, 0) is 0 Å². The fourth-order valence-corrected chi connectivity index (χ4v) is 3.32. The van der Waals surface area contributed by atoms with Crippen LogP contribution in [0.2, 0.25) is 0 Å². The Labute approximate surface area is 70.0 Å². The molecular formula is C10H20N+. The van der Waals surface area contributed by atoms with Crippen LogP contribution in [0, 0.1) is 11.8 Å². The number of piperidine rings is 2. The largest absolute Gasteiger partial charge is 0.326 e. The van der Waals surface area contributed by atoms with Crippen molar-refractivity contribution in [2.75, 3.05) is 26.7 Å². The number of rotatable bonds is 0. The Balaban J connectivity index is 2.09. The number of nitrogens with zero attached hydrogens (tertiary/aromatic N) is 1. The van der Waals surface area contributed by atoms with Gasteiger partial charge in [0.15, 0.2) is 0 Å². The highest BCUT2D eigenvalue weighted by Crippen LogP contribution is 2.33. The van der Waals surface area contributed by atoms with E-state index < -0.39 is 0 Å². The maximum absolute atomic E-state index is 2.45. The lowest BCUT2D eigenvalue weighted by Gasteiger charge is -2.47. The third-order valence-corrected chi connectivity index (χ3v) is 3.50. The van der Waals surface area contributed by atoms with Crippen LogP contribution in [0.5, 0.6) is 0 Å². The zero-order valence-electron chi connectivity index (χ0n) is 7.84. The summed E-state index contributed by atoms with van der Waals surface area (Å²) in [6, 6.07) is 0. The molecule has 0 spiro atoms. The molecule has 2 aliphatic heterocycles. The second-order valence-corrected chi connectivity index (χ2v) is 5.06. The highest BCUT2D eigenvalue weighted by molar-refractivity contribution is 4.72. The summed E-state index contributed by atoms with van der Waals surface area (Å²) in [7, 11) is 2.45. The van der Waals surface area contributed by atoms with Crippen molar-refractivity contribution < 1.29 is 4.48 Å². The molecule has 0 N–H and O–H groups in total. The van der Waals surface area contributed by atoms with E-state index in [9.17, 15) is 0 Å². The molecule has 0 aromatic heterocycles. The molecule has 0 amide bonds. The van der Waals surface area contributed by atoms with Gasteiger partial charge in [0, 0.05) is 11.8 Å². The van der Waals surface area contributed by atoms with Crippen LogP contribution in [0.3, 0.4) is 0 Å². The zero-order valence-corrected chi connectivity index (χ0v) is 7.84. The van der Waals surface area contributed by atoms with Crippen LogP contribution < -0.4 is 0 Å². The maximum atomic E-state index is 2.45.